The number of rotatable bonds is 3. The summed E-state index contributed by atoms with van der Waals surface area (Å²) in [6.45, 7) is 1.34. The Balaban J connectivity index is 3.00. The van der Waals surface area contributed by atoms with Crippen molar-refractivity contribution in [3.8, 4) is 0 Å². The molecule has 0 aliphatic rings. The predicted molar refractivity (Wildman–Crippen MR) is 59.4 cm³/mol. The summed E-state index contributed by atoms with van der Waals surface area (Å²) < 4.78 is 4.61. The lowest BCUT2D eigenvalue weighted by Crippen LogP contribution is -2.32. The van der Waals surface area contributed by atoms with Crippen molar-refractivity contribution in [2.24, 2.45) is 0 Å². The summed E-state index contributed by atoms with van der Waals surface area (Å²) in [5.74, 6) is -0.835. The summed E-state index contributed by atoms with van der Waals surface area (Å²) in [5.41, 5.74) is 6.73. The van der Waals surface area contributed by atoms with Crippen LogP contribution in [0.5, 0.6) is 0 Å². The molecular formula is C11H14N2O3. The van der Waals surface area contributed by atoms with Crippen LogP contribution < -0.4 is 11.1 Å². The SMILES string of the molecule is COC(=O)C(NC(C)=O)c1cccc(N)c1. The predicted octanol–water partition coefficient (Wildman–Crippen LogP) is 0.619. The van der Waals surface area contributed by atoms with Gasteiger partial charge in [-0.2, -0.15) is 0 Å². The van der Waals surface area contributed by atoms with Crippen LogP contribution in [-0.2, 0) is 14.3 Å². The molecule has 0 radical (unpaired) electrons. The van der Waals surface area contributed by atoms with Gasteiger partial charge >= 0.3 is 5.97 Å². The molecule has 5 heteroatoms. The molecule has 0 fully saturated rings. The number of esters is 1. The van der Waals surface area contributed by atoms with Gasteiger partial charge in [-0.15, -0.1) is 0 Å². The first kappa shape index (κ1) is 12.0. The van der Waals surface area contributed by atoms with Crippen LogP contribution in [0, 0.1) is 0 Å². The van der Waals surface area contributed by atoms with E-state index in [2.05, 4.69) is 10.1 Å². The number of nitrogens with one attached hydrogen (secondary N) is 1. The van der Waals surface area contributed by atoms with E-state index in [9.17, 15) is 9.59 Å². The molecule has 0 saturated heterocycles. The third kappa shape index (κ3) is 2.98. The molecule has 1 unspecified atom stereocenters. The summed E-state index contributed by atoms with van der Waals surface area (Å²) in [6, 6.07) is 5.92. The highest BCUT2D eigenvalue weighted by Gasteiger charge is 2.22. The van der Waals surface area contributed by atoms with E-state index in [4.69, 9.17) is 5.73 Å². The van der Waals surface area contributed by atoms with Gasteiger partial charge < -0.3 is 15.8 Å². The van der Waals surface area contributed by atoms with Crippen LogP contribution in [-0.4, -0.2) is 19.0 Å². The maximum Gasteiger partial charge on any atom is 0.333 e. The fourth-order valence-electron chi connectivity index (χ4n) is 1.34. The average molecular weight is 222 g/mol. The number of benzene rings is 1. The molecule has 16 heavy (non-hydrogen) atoms. The molecule has 0 spiro atoms. The Morgan fingerprint density at radius 3 is 2.62 bits per heavy atom. The lowest BCUT2D eigenvalue weighted by atomic mass is 10.1. The van der Waals surface area contributed by atoms with Gasteiger partial charge in [0.15, 0.2) is 6.04 Å². The van der Waals surface area contributed by atoms with Gasteiger partial charge in [0.05, 0.1) is 7.11 Å². The van der Waals surface area contributed by atoms with Crippen molar-refractivity contribution in [1.82, 2.24) is 5.32 Å². The molecule has 0 aromatic heterocycles. The van der Waals surface area contributed by atoms with Crippen LogP contribution in [0.3, 0.4) is 0 Å². The minimum atomic E-state index is -0.814. The summed E-state index contributed by atoms with van der Waals surface area (Å²) in [7, 11) is 1.27. The molecular weight excluding hydrogens is 208 g/mol. The molecule has 0 heterocycles. The smallest absolute Gasteiger partial charge is 0.333 e. The van der Waals surface area contributed by atoms with Crippen molar-refractivity contribution < 1.29 is 14.3 Å². The average Bonchev–Trinajstić information content (AvgIpc) is 2.24. The topological polar surface area (TPSA) is 81.4 Å². The lowest BCUT2D eigenvalue weighted by Gasteiger charge is -2.15. The van der Waals surface area contributed by atoms with Crippen molar-refractivity contribution in [2.45, 2.75) is 13.0 Å². The monoisotopic (exact) mass is 222 g/mol. The molecule has 0 bridgehead atoms. The summed E-state index contributed by atoms with van der Waals surface area (Å²) in [5, 5.41) is 2.51. The number of ether oxygens (including phenoxy) is 1. The first-order chi connectivity index (χ1) is 7.54. The Morgan fingerprint density at radius 1 is 1.44 bits per heavy atom. The summed E-state index contributed by atoms with van der Waals surface area (Å²) in [6.07, 6.45) is 0. The van der Waals surface area contributed by atoms with Gasteiger partial charge in [0.1, 0.15) is 0 Å². The zero-order valence-corrected chi connectivity index (χ0v) is 9.19. The van der Waals surface area contributed by atoms with Gasteiger partial charge in [-0.3, -0.25) is 4.79 Å². The maximum atomic E-state index is 11.5. The van der Waals surface area contributed by atoms with E-state index in [-0.39, 0.29) is 5.91 Å². The second kappa shape index (κ2) is 5.16. The number of nitrogens with two attached hydrogens (primary N) is 1. The number of nitrogen functional groups attached to an aromatic ring is 1. The Labute approximate surface area is 93.6 Å². The van der Waals surface area contributed by atoms with Gasteiger partial charge in [0.2, 0.25) is 5.91 Å². The zero-order chi connectivity index (χ0) is 12.1. The van der Waals surface area contributed by atoms with Gasteiger partial charge in [0, 0.05) is 12.6 Å². The van der Waals surface area contributed by atoms with Crippen LogP contribution in [0.15, 0.2) is 24.3 Å². The van der Waals surface area contributed by atoms with E-state index >= 15 is 0 Å². The van der Waals surface area contributed by atoms with Crippen LogP contribution in [0.4, 0.5) is 5.69 Å². The van der Waals surface area contributed by atoms with E-state index in [1.165, 1.54) is 14.0 Å². The molecule has 1 aromatic rings. The normalized spacial score (nSPS) is 11.6. The number of hydrogen-bond donors (Lipinski definition) is 2. The maximum absolute atomic E-state index is 11.5. The van der Waals surface area contributed by atoms with Crippen molar-refractivity contribution in [2.75, 3.05) is 12.8 Å². The highest BCUT2D eigenvalue weighted by Crippen LogP contribution is 2.17. The second-order valence-electron chi connectivity index (χ2n) is 3.33. The molecule has 0 saturated carbocycles. The van der Waals surface area contributed by atoms with Crippen molar-refractivity contribution >= 4 is 17.6 Å². The number of anilines is 1. The number of amides is 1. The third-order valence-corrected chi connectivity index (χ3v) is 2.03. The highest BCUT2D eigenvalue weighted by molar-refractivity contribution is 5.84. The first-order valence-electron chi connectivity index (χ1n) is 4.75. The molecule has 1 amide bonds. The van der Waals surface area contributed by atoms with E-state index in [0.717, 1.165) is 0 Å². The van der Waals surface area contributed by atoms with Crippen molar-refractivity contribution in [3.05, 3.63) is 29.8 Å². The third-order valence-electron chi connectivity index (χ3n) is 2.03. The van der Waals surface area contributed by atoms with E-state index < -0.39 is 12.0 Å². The minimum absolute atomic E-state index is 0.308. The first-order valence-corrected chi connectivity index (χ1v) is 4.75. The molecule has 1 rings (SSSR count). The lowest BCUT2D eigenvalue weighted by molar-refractivity contribution is -0.145. The Bertz CT molecular complexity index is 404. The molecule has 5 nitrogen and oxygen atoms in total. The number of hydrogen-bond acceptors (Lipinski definition) is 4. The molecule has 1 atom stereocenters. The fraction of sp³-hybridized carbons (Fsp3) is 0.273. The highest BCUT2D eigenvalue weighted by atomic mass is 16.5. The summed E-state index contributed by atoms with van der Waals surface area (Å²) in [4.78, 5) is 22.5. The standard InChI is InChI=1S/C11H14N2O3/c1-7(14)13-10(11(15)16-2)8-4-3-5-9(12)6-8/h3-6,10H,12H2,1-2H3,(H,13,14). The fourth-order valence-corrected chi connectivity index (χ4v) is 1.34. The van der Waals surface area contributed by atoms with Crippen LogP contribution in [0.2, 0.25) is 0 Å². The molecule has 0 aliphatic heterocycles. The largest absolute Gasteiger partial charge is 0.467 e. The second-order valence-corrected chi connectivity index (χ2v) is 3.33. The van der Waals surface area contributed by atoms with E-state index in [0.29, 0.717) is 11.3 Å². The number of carbonyl (C=O) groups excluding carboxylic acids is 2. The Morgan fingerprint density at radius 2 is 2.12 bits per heavy atom. The molecule has 86 valence electrons. The van der Waals surface area contributed by atoms with Crippen LogP contribution >= 0.6 is 0 Å². The van der Waals surface area contributed by atoms with Crippen LogP contribution in [0.1, 0.15) is 18.5 Å². The minimum Gasteiger partial charge on any atom is -0.467 e. The van der Waals surface area contributed by atoms with Crippen molar-refractivity contribution in [1.29, 1.82) is 0 Å². The van der Waals surface area contributed by atoms with Gasteiger partial charge in [-0.25, -0.2) is 4.79 Å². The molecule has 1 aromatic carbocycles. The van der Waals surface area contributed by atoms with E-state index in [1.807, 2.05) is 0 Å². The quantitative estimate of drug-likeness (QED) is 0.580. The van der Waals surface area contributed by atoms with Gasteiger partial charge in [0.25, 0.3) is 0 Å². The van der Waals surface area contributed by atoms with Gasteiger partial charge in [-0.1, -0.05) is 12.1 Å². The molecule has 0 aliphatic carbocycles. The van der Waals surface area contributed by atoms with Gasteiger partial charge in [-0.05, 0) is 17.7 Å². The zero-order valence-electron chi connectivity index (χ0n) is 9.19. The summed E-state index contributed by atoms with van der Waals surface area (Å²) >= 11 is 0. The number of methoxy groups -OCH3 is 1. The van der Waals surface area contributed by atoms with Crippen molar-refractivity contribution in [3.63, 3.8) is 0 Å². The van der Waals surface area contributed by atoms with E-state index in [1.54, 1.807) is 24.3 Å². The Kier molecular flexibility index (Phi) is 3.88. The van der Waals surface area contributed by atoms with Crippen LogP contribution in [0.25, 0.3) is 0 Å². The number of carbonyl (C=O) groups is 2. The molecule has 3 N–H and O–H groups in total. The Hall–Kier alpha value is -2.04.